The summed E-state index contributed by atoms with van der Waals surface area (Å²) in [4.78, 5) is 25.5. The highest BCUT2D eigenvalue weighted by Crippen LogP contribution is 2.26. The Labute approximate surface area is 170 Å². The van der Waals surface area contributed by atoms with Crippen LogP contribution in [0, 0.1) is 0 Å². The minimum absolute atomic E-state index is 0.177. The molecule has 0 saturated carbocycles. The third-order valence-electron chi connectivity index (χ3n) is 5.11. The van der Waals surface area contributed by atoms with Gasteiger partial charge in [0.2, 0.25) is 0 Å². The average Bonchev–Trinajstić information content (AvgIpc) is 3.13. The van der Waals surface area contributed by atoms with Crippen molar-refractivity contribution >= 4 is 11.2 Å². The van der Waals surface area contributed by atoms with Gasteiger partial charge in [0.05, 0.1) is 6.10 Å². The van der Waals surface area contributed by atoms with Gasteiger partial charge in [-0.25, -0.2) is 4.98 Å². The molecule has 0 aliphatic carbocycles. The summed E-state index contributed by atoms with van der Waals surface area (Å²) in [5.74, 6) is 1.61. The first kappa shape index (κ1) is 21.0. The summed E-state index contributed by atoms with van der Waals surface area (Å²) >= 11 is 0. The van der Waals surface area contributed by atoms with Crippen LogP contribution < -0.4 is 10.3 Å². The number of fused-ring (bicyclic) bond motifs is 1. The van der Waals surface area contributed by atoms with Crippen molar-refractivity contribution in [1.29, 1.82) is 0 Å². The summed E-state index contributed by atoms with van der Waals surface area (Å²) in [6, 6.07) is 7.38. The van der Waals surface area contributed by atoms with Crippen LogP contribution in [0.3, 0.4) is 0 Å². The van der Waals surface area contributed by atoms with Gasteiger partial charge < -0.3 is 14.8 Å². The van der Waals surface area contributed by atoms with Crippen LogP contribution in [0.4, 0.5) is 0 Å². The van der Waals surface area contributed by atoms with E-state index in [2.05, 4.69) is 28.8 Å². The van der Waals surface area contributed by atoms with Gasteiger partial charge in [-0.1, -0.05) is 39.3 Å². The van der Waals surface area contributed by atoms with Gasteiger partial charge in [-0.05, 0) is 43.9 Å². The first-order valence-corrected chi connectivity index (χ1v) is 10.4. The standard InChI is InChI=1S/C22H30N4O3/c1-5-9-15(7-3)19-23-18-20(24-19)25-22(26(12-6-2)21(18)28)29-17-11-8-10-16(13-17)14(4)27/h8,10-11,13-15,27H,5-7,9,12H2,1-4H3,(H,23,24). The van der Waals surface area contributed by atoms with Crippen molar-refractivity contribution in [2.24, 2.45) is 0 Å². The van der Waals surface area contributed by atoms with Crippen LogP contribution in [0.1, 0.15) is 76.8 Å². The SMILES string of the molecule is CCCC(CC)c1nc2nc(Oc3cccc(C(C)O)c3)n(CCC)c(=O)c2[nH]1. The fourth-order valence-corrected chi connectivity index (χ4v) is 3.50. The molecule has 2 heterocycles. The molecule has 0 bridgehead atoms. The lowest BCUT2D eigenvalue weighted by atomic mass is 10.0. The highest BCUT2D eigenvalue weighted by atomic mass is 16.5. The molecule has 0 saturated heterocycles. The Morgan fingerprint density at radius 3 is 2.66 bits per heavy atom. The number of hydrogen-bond acceptors (Lipinski definition) is 5. The van der Waals surface area contributed by atoms with E-state index in [1.54, 1.807) is 29.7 Å². The fraction of sp³-hybridized carbons (Fsp3) is 0.500. The van der Waals surface area contributed by atoms with E-state index in [0.29, 0.717) is 23.5 Å². The minimum atomic E-state index is -0.606. The molecule has 0 aliphatic heterocycles. The van der Waals surface area contributed by atoms with Crippen molar-refractivity contribution in [2.75, 3.05) is 0 Å². The maximum Gasteiger partial charge on any atom is 0.306 e. The zero-order valence-electron chi connectivity index (χ0n) is 17.6. The fourth-order valence-electron chi connectivity index (χ4n) is 3.50. The van der Waals surface area contributed by atoms with E-state index in [9.17, 15) is 9.90 Å². The number of nitrogens with one attached hydrogen (secondary N) is 1. The number of benzene rings is 1. The predicted molar refractivity (Wildman–Crippen MR) is 114 cm³/mol. The van der Waals surface area contributed by atoms with Crippen LogP contribution in [-0.4, -0.2) is 24.6 Å². The molecular formula is C22H30N4O3. The molecule has 0 fully saturated rings. The summed E-state index contributed by atoms with van der Waals surface area (Å²) in [6.07, 6.45) is 3.18. The second kappa shape index (κ2) is 9.22. The summed E-state index contributed by atoms with van der Waals surface area (Å²) < 4.78 is 7.51. The number of imidazole rings is 1. The number of H-pyrrole nitrogens is 1. The Kier molecular flexibility index (Phi) is 6.69. The number of ether oxygens (including phenoxy) is 1. The lowest BCUT2D eigenvalue weighted by molar-refractivity contribution is 0.199. The number of rotatable bonds is 9. The second-order valence-corrected chi connectivity index (χ2v) is 7.42. The number of aliphatic hydroxyl groups excluding tert-OH is 1. The molecule has 2 atom stereocenters. The van der Waals surface area contributed by atoms with Gasteiger partial charge in [0.25, 0.3) is 5.56 Å². The average molecular weight is 399 g/mol. The first-order valence-electron chi connectivity index (χ1n) is 10.4. The molecule has 3 aromatic rings. The molecule has 0 spiro atoms. The quantitative estimate of drug-likeness (QED) is 0.546. The Morgan fingerprint density at radius 1 is 1.21 bits per heavy atom. The second-order valence-electron chi connectivity index (χ2n) is 7.42. The lowest BCUT2D eigenvalue weighted by Crippen LogP contribution is -2.23. The molecule has 2 aromatic heterocycles. The summed E-state index contributed by atoms with van der Waals surface area (Å²) in [7, 11) is 0. The Hall–Kier alpha value is -2.67. The molecule has 2 N–H and O–H groups in total. The largest absolute Gasteiger partial charge is 0.425 e. The molecule has 7 nitrogen and oxygen atoms in total. The number of hydrogen-bond donors (Lipinski definition) is 2. The van der Waals surface area contributed by atoms with Crippen molar-refractivity contribution in [1.82, 2.24) is 19.5 Å². The van der Waals surface area contributed by atoms with E-state index in [-0.39, 0.29) is 17.5 Å². The van der Waals surface area contributed by atoms with Crippen molar-refractivity contribution in [3.05, 3.63) is 46.0 Å². The number of aliphatic hydroxyl groups is 1. The molecule has 156 valence electrons. The maximum absolute atomic E-state index is 13.1. The predicted octanol–water partition coefficient (Wildman–Crippen LogP) is 4.67. The molecule has 0 aliphatic rings. The summed E-state index contributed by atoms with van der Waals surface area (Å²) in [5, 5.41) is 9.82. The molecule has 3 rings (SSSR count). The number of aromatic amines is 1. The highest BCUT2D eigenvalue weighted by Gasteiger charge is 2.19. The Balaban J connectivity index is 2.07. The van der Waals surface area contributed by atoms with Gasteiger partial charge in [0.15, 0.2) is 11.2 Å². The molecule has 29 heavy (non-hydrogen) atoms. The molecule has 2 unspecified atom stereocenters. The van der Waals surface area contributed by atoms with Gasteiger partial charge in [-0.15, -0.1) is 0 Å². The zero-order valence-corrected chi connectivity index (χ0v) is 17.6. The van der Waals surface area contributed by atoms with Crippen LogP contribution in [-0.2, 0) is 6.54 Å². The van der Waals surface area contributed by atoms with E-state index >= 15 is 0 Å². The third-order valence-corrected chi connectivity index (χ3v) is 5.11. The van der Waals surface area contributed by atoms with E-state index < -0.39 is 6.10 Å². The Bertz CT molecular complexity index is 1020. The molecule has 1 aromatic carbocycles. The topological polar surface area (TPSA) is 93.0 Å². The van der Waals surface area contributed by atoms with E-state index in [4.69, 9.17) is 4.74 Å². The van der Waals surface area contributed by atoms with Crippen LogP contribution in [0.25, 0.3) is 11.2 Å². The Morgan fingerprint density at radius 2 is 2.00 bits per heavy atom. The molecule has 7 heteroatoms. The molecular weight excluding hydrogens is 368 g/mol. The summed E-state index contributed by atoms with van der Waals surface area (Å²) in [6.45, 7) is 8.46. The van der Waals surface area contributed by atoms with Gasteiger partial charge in [-0.2, -0.15) is 4.98 Å². The first-order chi connectivity index (χ1) is 14.0. The third kappa shape index (κ3) is 4.50. The highest BCUT2D eigenvalue weighted by molar-refractivity contribution is 5.70. The van der Waals surface area contributed by atoms with Crippen LogP contribution in [0.2, 0.25) is 0 Å². The van der Waals surface area contributed by atoms with E-state index in [1.165, 1.54) is 0 Å². The monoisotopic (exact) mass is 398 g/mol. The van der Waals surface area contributed by atoms with Crippen LogP contribution >= 0.6 is 0 Å². The van der Waals surface area contributed by atoms with Gasteiger partial charge in [0.1, 0.15) is 11.6 Å². The van der Waals surface area contributed by atoms with Gasteiger partial charge in [-0.3, -0.25) is 9.36 Å². The van der Waals surface area contributed by atoms with E-state index in [1.807, 2.05) is 13.0 Å². The minimum Gasteiger partial charge on any atom is -0.425 e. The van der Waals surface area contributed by atoms with Crippen molar-refractivity contribution in [3.8, 4) is 11.8 Å². The molecule has 0 amide bonds. The number of aromatic nitrogens is 4. The van der Waals surface area contributed by atoms with Gasteiger partial charge >= 0.3 is 6.01 Å². The van der Waals surface area contributed by atoms with Crippen LogP contribution in [0.15, 0.2) is 29.1 Å². The summed E-state index contributed by atoms with van der Waals surface area (Å²) in [5.41, 5.74) is 1.37. The lowest BCUT2D eigenvalue weighted by Gasteiger charge is -2.13. The smallest absolute Gasteiger partial charge is 0.306 e. The van der Waals surface area contributed by atoms with E-state index in [0.717, 1.165) is 37.1 Å². The van der Waals surface area contributed by atoms with Gasteiger partial charge in [0, 0.05) is 12.5 Å². The zero-order chi connectivity index (χ0) is 21.0. The maximum atomic E-state index is 13.1. The van der Waals surface area contributed by atoms with Crippen molar-refractivity contribution in [3.63, 3.8) is 0 Å². The van der Waals surface area contributed by atoms with Crippen molar-refractivity contribution < 1.29 is 9.84 Å². The van der Waals surface area contributed by atoms with Crippen molar-refractivity contribution in [2.45, 2.75) is 71.9 Å². The van der Waals surface area contributed by atoms with Crippen LogP contribution in [0.5, 0.6) is 11.8 Å². The normalized spacial score (nSPS) is 13.6. The molecule has 0 radical (unpaired) electrons. The number of nitrogens with zero attached hydrogens (tertiary/aromatic N) is 3.